The van der Waals surface area contributed by atoms with E-state index < -0.39 is 5.60 Å². The SMILES string of the molecule is CCC(N)C(c1ccccc1OC)N(C)CC(C)(C)O. The summed E-state index contributed by atoms with van der Waals surface area (Å²) in [5.74, 6) is 0.837. The minimum atomic E-state index is -0.761. The first-order chi connectivity index (χ1) is 9.30. The number of aliphatic hydroxyl groups is 1. The van der Waals surface area contributed by atoms with E-state index in [1.54, 1.807) is 21.0 Å². The molecule has 1 rings (SSSR count). The molecular formula is C16H28N2O2. The van der Waals surface area contributed by atoms with Crippen molar-refractivity contribution in [2.24, 2.45) is 5.73 Å². The summed E-state index contributed by atoms with van der Waals surface area (Å²) < 4.78 is 5.46. The van der Waals surface area contributed by atoms with Crippen LogP contribution in [0, 0.1) is 0 Å². The molecule has 0 aliphatic carbocycles. The Labute approximate surface area is 122 Å². The summed E-state index contributed by atoms with van der Waals surface area (Å²) in [5.41, 5.74) is 6.62. The van der Waals surface area contributed by atoms with E-state index in [9.17, 15) is 5.11 Å². The summed E-state index contributed by atoms with van der Waals surface area (Å²) in [4.78, 5) is 2.10. The van der Waals surface area contributed by atoms with Crippen molar-refractivity contribution in [1.29, 1.82) is 0 Å². The van der Waals surface area contributed by atoms with Crippen LogP contribution >= 0.6 is 0 Å². The van der Waals surface area contributed by atoms with Crippen LogP contribution in [0.2, 0.25) is 0 Å². The lowest BCUT2D eigenvalue weighted by atomic mass is 9.94. The van der Waals surface area contributed by atoms with Crippen molar-refractivity contribution in [3.63, 3.8) is 0 Å². The van der Waals surface area contributed by atoms with Crippen LogP contribution < -0.4 is 10.5 Å². The van der Waals surface area contributed by atoms with Gasteiger partial charge in [0, 0.05) is 18.2 Å². The van der Waals surface area contributed by atoms with Gasteiger partial charge in [0.25, 0.3) is 0 Å². The topological polar surface area (TPSA) is 58.7 Å². The van der Waals surface area contributed by atoms with Crippen LogP contribution in [0.15, 0.2) is 24.3 Å². The average Bonchev–Trinajstić information content (AvgIpc) is 2.37. The Hall–Kier alpha value is -1.10. The number of ether oxygens (including phenoxy) is 1. The molecular weight excluding hydrogens is 252 g/mol. The van der Waals surface area contributed by atoms with E-state index in [-0.39, 0.29) is 12.1 Å². The number of nitrogens with zero attached hydrogens (tertiary/aromatic N) is 1. The van der Waals surface area contributed by atoms with E-state index in [0.29, 0.717) is 6.54 Å². The van der Waals surface area contributed by atoms with Gasteiger partial charge in [0.05, 0.1) is 18.8 Å². The predicted molar refractivity (Wildman–Crippen MR) is 82.9 cm³/mol. The third kappa shape index (κ3) is 4.47. The van der Waals surface area contributed by atoms with Crippen LogP contribution in [-0.2, 0) is 0 Å². The molecule has 0 saturated heterocycles. The molecule has 0 radical (unpaired) electrons. The maximum absolute atomic E-state index is 10.1. The minimum absolute atomic E-state index is 0.0151. The fourth-order valence-corrected chi connectivity index (χ4v) is 2.64. The van der Waals surface area contributed by atoms with Gasteiger partial charge in [-0.1, -0.05) is 25.1 Å². The van der Waals surface area contributed by atoms with Crippen molar-refractivity contribution >= 4 is 0 Å². The summed E-state index contributed by atoms with van der Waals surface area (Å²) in [6.07, 6.45) is 0.860. The lowest BCUT2D eigenvalue weighted by Crippen LogP contribution is -2.44. The summed E-state index contributed by atoms with van der Waals surface area (Å²) in [6.45, 7) is 6.23. The molecule has 0 aromatic heterocycles. The van der Waals surface area contributed by atoms with Gasteiger partial charge >= 0.3 is 0 Å². The highest BCUT2D eigenvalue weighted by atomic mass is 16.5. The molecule has 0 fully saturated rings. The predicted octanol–water partition coefficient (Wildman–Crippen LogP) is 2.18. The highest BCUT2D eigenvalue weighted by Gasteiger charge is 2.28. The van der Waals surface area contributed by atoms with Crippen molar-refractivity contribution in [1.82, 2.24) is 4.90 Å². The molecule has 4 heteroatoms. The molecule has 114 valence electrons. The zero-order chi connectivity index (χ0) is 15.3. The van der Waals surface area contributed by atoms with Crippen molar-refractivity contribution in [3.8, 4) is 5.75 Å². The third-order valence-electron chi connectivity index (χ3n) is 3.45. The Kier molecular flexibility index (Phi) is 5.99. The second-order valence-electron chi connectivity index (χ2n) is 5.99. The van der Waals surface area contributed by atoms with E-state index in [1.807, 2.05) is 31.3 Å². The summed E-state index contributed by atoms with van der Waals surface area (Å²) >= 11 is 0. The highest BCUT2D eigenvalue weighted by molar-refractivity contribution is 5.36. The van der Waals surface area contributed by atoms with Gasteiger partial charge in [-0.25, -0.2) is 0 Å². The zero-order valence-electron chi connectivity index (χ0n) is 13.3. The highest BCUT2D eigenvalue weighted by Crippen LogP contribution is 2.32. The molecule has 2 atom stereocenters. The van der Waals surface area contributed by atoms with Crippen molar-refractivity contribution in [2.75, 3.05) is 20.7 Å². The molecule has 1 aromatic carbocycles. The van der Waals surface area contributed by atoms with E-state index >= 15 is 0 Å². The molecule has 20 heavy (non-hydrogen) atoms. The zero-order valence-corrected chi connectivity index (χ0v) is 13.3. The molecule has 2 unspecified atom stereocenters. The molecule has 4 nitrogen and oxygen atoms in total. The Morgan fingerprint density at radius 2 is 1.95 bits per heavy atom. The number of nitrogens with two attached hydrogens (primary N) is 1. The van der Waals surface area contributed by atoms with Crippen LogP contribution in [0.3, 0.4) is 0 Å². The first kappa shape index (κ1) is 17.0. The van der Waals surface area contributed by atoms with E-state index in [4.69, 9.17) is 10.5 Å². The smallest absolute Gasteiger partial charge is 0.123 e. The van der Waals surface area contributed by atoms with Crippen molar-refractivity contribution in [3.05, 3.63) is 29.8 Å². The van der Waals surface area contributed by atoms with Gasteiger partial charge < -0.3 is 15.6 Å². The second-order valence-corrected chi connectivity index (χ2v) is 5.99. The molecule has 0 aliphatic rings. The van der Waals surface area contributed by atoms with E-state index in [0.717, 1.165) is 17.7 Å². The molecule has 1 aromatic rings. The van der Waals surface area contributed by atoms with Crippen LogP contribution in [0.5, 0.6) is 5.75 Å². The van der Waals surface area contributed by atoms with Crippen molar-refractivity contribution in [2.45, 2.75) is 44.9 Å². The third-order valence-corrected chi connectivity index (χ3v) is 3.45. The van der Waals surface area contributed by atoms with Gasteiger partial charge in [-0.05, 0) is 33.4 Å². The van der Waals surface area contributed by atoms with Gasteiger partial charge in [-0.3, -0.25) is 4.90 Å². The number of hydrogen-bond donors (Lipinski definition) is 2. The molecule has 0 aliphatic heterocycles. The number of methoxy groups -OCH3 is 1. The summed E-state index contributed by atoms with van der Waals surface area (Å²) in [6, 6.07) is 7.93. The number of hydrogen-bond acceptors (Lipinski definition) is 4. The van der Waals surface area contributed by atoms with Crippen LogP contribution in [0.25, 0.3) is 0 Å². The number of para-hydroxylation sites is 1. The number of rotatable bonds is 7. The second kappa shape index (κ2) is 7.07. The van der Waals surface area contributed by atoms with Gasteiger partial charge in [0.2, 0.25) is 0 Å². The fraction of sp³-hybridized carbons (Fsp3) is 0.625. The molecule has 0 heterocycles. The van der Waals surface area contributed by atoms with Crippen molar-refractivity contribution < 1.29 is 9.84 Å². The van der Waals surface area contributed by atoms with E-state index in [1.165, 1.54) is 0 Å². The summed E-state index contributed by atoms with van der Waals surface area (Å²) in [7, 11) is 3.66. The Morgan fingerprint density at radius 1 is 1.35 bits per heavy atom. The summed E-state index contributed by atoms with van der Waals surface area (Å²) in [5, 5.41) is 10.1. The fourth-order valence-electron chi connectivity index (χ4n) is 2.64. The Bertz CT molecular complexity index is 415. The Balaban J connectivity index is 3.12. The maximum Gasteiger partial charge on any atom is 0.123 e. The van der Waals surface area contributed by atoms with E-state index in [2.05, 4.69) is 11.8 Å². The quantitative estimate of drug-likeness (QED) is 0.803. The first-order valence-corrected chi connectivity index (χ1v) is 7.11. The van der Waals surface area contributed by atoms with Crippen LogP contribution in [0.4, 0.5) is 0 Å². The van der Waals surface area contributed by atoms with Gasteiger partial charge in [0.15, 0.2) is 0 Å². The normalized spacial score (nSPS) is 15.2. The lowest BCUT2D eigenvalue weighted by Gasteiger charge is -2.36. The monoisotopic (exact) mass is 280 g/mol. The van der Waals surface area contributed by atoms with Crippen LogP contribution in [-0.4, -0.2) is 42.4 Å². The molecule has 0 spiro atoms. The van der Waals surface area contributed by atoms with Gasteiger partial charge in [-0.15, -0.1) is 0 Å². The standard InChI is InChI=1S/C16H28N2O2/c1-6-13(17)15(18(4)11-16(2,3)19)12-9-7-8-10-14(12)20-5/h7-10,13,15,19H,6,11,17H2,1-5H3. The number of likely N-dealkylation sites (N-methyl/N-ethyl adjacent to an activating group) is 1. The van der Waals surface area contributed by atoms with Gasteiger partial charge in [-0.2, -0.15) is 0 Å². The average molecular weight is 280 g/mol. The molecule has 0 bridgehead atoms. The minimum Gasteiger partial charge on any atom is -0.496 e. The maximum atomic E-state index is 10.1. The molecule has 0 amide bonds. The van der Waals surface area contributed by atoms with Crippen LogP contribution in [0.1, 0.15) is 38.8 Å². The Morgan fingerprint density at radius 3 is 2.45 bits per heavy atom. The largest absolute Gasteiger partial charge is 0.496 e. The first-order valence-electron chi connectivity index (χ1n) is 7.11. The lowest BCUT2D eigenvalue weighted by molar-refractivity contribution is 0.0262. The molecule has 0 saturated carbocycles. The molecule has 3 N–H and O–H groups in total. The number of benzene rings is 1. The van der Waals surface area contributed by atoms with Gasteiger partial charge in [0.1, 0.15) is 5.75 Å².